The molecule has 0 saturated heterocycles. The second-order valence-electron chi connectivity index (χ2n) is 8.05. The molecule has 1 heterocycles. The van der Waals surface area contributed by atoms with Crippen molar-refractivity contribution < 1.29 is 9.53 Å². The molecule has 1 N–H and O–H groups in total. The molecule has 1 amide bonds. The molecule has 0 aliphatic heterocycles. The van der Waals surface area contributed by atoms with Crippen LogP contribution in [-0.4, -0.2) is 28.0 Å². The van der Waals surface area contributed by atoms with Crippen LogP contribution in [0.25, 0.3) is 5.69 Å². The number of carbonyl (C=O) groups excluding carboxylic acids is 1. The lowest BCUT2D eigenvalue weighted by atomic mass is 9.88. The number of hydrogen-bond donors (Lipinski definition) is 1. The molecule has 2 aromatic rings. The zero-order valence-corrected chi connectivity index (χ0v) is 17.3. The average Bonchev–Trinajstić information content (AvgIpc) is 2.91. The lowest BCUT2D eigenvalue weighted by Gasteiger charge is -2.28. The Morgan fingerprint density at radius 2 is 1.89 bits per heavy atom. The fourth-order valence-corrected chi connectivity index (χ4v) is 4.15. The molecule has 0 unspecified atom stereocenters. The second kappa shape index (κ2) is 8.78. The maximum atomic E-state index is 13.1. The molecular weight excluding hydrogens is 354 g/mol. The van der Waals surface area contributed by atoms with E-state index in [0.29, 0.717) is 11.6 Å². The van der Waals surface area contributed by atoms with Crippen LogP contribution in [0, 0.1) is 5.92 Å². The zero-order valence-electron chi connectivity index (χ0n) is 17.3. The van der Waals surface area contributed by atoms with Crippen molar-refractivity contribution in [1.29, 1.82) is 0 Å². The first kappa shape index (κ1) is 20.4. The van der Waals surface area contributed by atoms with Crippen LogP contribution in [0.5, 0.6) is 0 Å². The zero-order chi connectivity index (χ0) is 20.3. The molecule has 1 aliphatic rings. The minimum atomic E-state index is -0.275. The molecule has 0 bridgehead atoms. The van der Waals surface area contributed by atoms with E-state index < -0.39 is 0 Å². The first-order valence-corrected chi connectivity index (χ1v) is 10.2. The molecule has 6 heteroatoms. The van der Waals surface area contributed by atoms with E-state index in [1.807, 2.05) is 55.9 Å². The van der Waals surface area contributed by atoms with E-state index in [9.17, 15) is 9.59 Å². The molecule has 1 saturated carbocycles. The molecule has 1 aromatic heterocycles. The Hall–Kier alpha value is -2.34. The highest BCUT2D eigenvalue weighted by Crippen LogP contribution is 2.26. The van der Waals surface area contributed by atoms with Gasteiger partial charge in [0.15, 0.2) is 0 Å². The number of hydrogen-bond acceptors (Lipinski definition) is 3. The van der Waals surface area contributed by atoms with Gasteiger partial charge in [0.2, 0.25) is 0 Å². The van der Waals surface area contributed by atoms with Gasteiger partial charge < -0.3 is 10.1 Å². The summed E-state index contributed by atoms with van der Waals surface area (Å²) >= 11 is 0. The van der Waals surface area contributed by atoms with E-state index in [1.165, 1.54) is 6.42 Å². The Morgan fingerprint density at radius 1 is 1.21 bits per heavy atom. The van der Waals surface area contributed by atoms with Gasteiger partial charge in [0, 0.05) is 7.05 Å². The second-order valence-corrected chi connectivity index (χ2v) is 8.05. The molecule has 28 heavy (non-hydrogen) atoms. The monoisotopic (exact) mass is 385 g/mol. The van der Waals surface area contributed by atoms with Gasteiger partial charge in [-0.1, -0.05) is 51.8 Å². The van der Waals surface area contributed by atoms with E-state index in [1.54, 1.807) is 4.68 Å². The van der Waals surface area contributed by atoms with Crippen LogP contribution in [-0.2, 0) is 16.6 Å². The van der Waals surface area contributed by atoms with Crippen molar-refractivity contribution in [2.45, 2.75) is 58.5 Å². The van der Waals surface area contributed by atoms with Gasteiger partial charge in [0.1, 0.15) is 12.3 Å². The van der Waals surface area contributed by atoms with Gasteiger partial charge in [0.25, 0.3) is 11.5 Å². The maximum Gasteiger partial charge on any atom is 0.295 e. The third-order valence-corrected chi connectivity index (χ3v) is 5.58. The third kappa shape index (κ3) is 4.22. The normalized spacial score (nSPS) is 19.8. The number of carbonyl (C=O) groups is 1. The van der Waals surface area contributed by atoms with Crippen LogP contribution in [0.1, 0.15) is 58.1 Å². The molecule has 3 rings (SSSR count). The standard InChI is InChI=1S/C22H31N3O3/c1-15(2)21-20(22(27)25(24(21)4)17-11-6-5-7-12-17)23-19(26)14-28-18-13-9-8-10-16(18)3/h5-7,11-12,15-16,18H,8-10,13-14H2,1-4H3,(H,23,26)/t16-,18+/m1/s1. The van der Waals surface area contributed by atoms with Crippen molar-refractivity contribution in [2.75, 3.05) is 11.9 Å². The van der Waals surface area contributed by atoms with Crippen LogP contribution in [0.3, 0.4) is 0 Å². The molecule has 0 radical (unpaired) electrons. The van der Waals surface area contributed by atoms with Crippen LogP contribution in [0.2, 0.25) is 0 Å². The number of para-hydroxylation sites is 1. The van der Waals surface area contributed by atoms with Gasteiger partial charge >= 0.3 is 0 Å². The predicted octanol–water partition coefficient (Wildman–Crippen LogP) is 3.83. The number of nitrogens with zero attached hydrogens (tertiary/aromatic N) is 2. The molecule has 152 valence electrons. The van der Waals surface area contributed by atoms with Crippen molar-refractivity contribution in [3.05, 3.63) is 46.4 Å². The SMILES string of the molecule is CC(C)c1c(NC(=O)CO[C@H]2CCCC[C@H]2C)c(=O)n(-c2ccccc2)n1C. The molecule has 1 fully saturated rings. The lowest BCUT2D eigenvalue weighted by molar-refractivity contribution is -0.124. The minimum absolute atomic E-state index is 0.0216. The Morgan fingerprint density at radius 3 is 2.54 bits per heavy atom. The van der Waals surface area contributed by atoms with Crippen molar-refractivity contribution in [3.63, 3.8) is 0 Å². The summed E-state index contributed by atoms with van der Waals surface area (Å²) in [6, 6.07) is 9.45. The summed E-state index contributed by atoms with van der Waals surface area (Å²) in [5.74, 6) is 0.277. The Balaban J connectivity index is 1.81. The van der Waals surface area contributed by atoms with Crippen LogP contribution in [0.15, 0.2) is 35.1 Å². The Bertz CT molecular complexity index is 867. The number of ether oxygens (including phenoxy) is 1. The summed E-state index contributed by atoms with van der Waals surface area (Å²) < 4.78 is 9.28. The van der Waals surface area contributed by atoms with Crippen molar-refractivity contribution in [1.82, 2.24) is 9.36 Å². The summed E-state index contributed by atoms with van der Waals surface area (Å²) in [5, 5.41) is 2.83. The summed E-state index contributed by atoms with van der Waals surface area (Å²) in [7, 11) is 1.85. The first-order chi connectivity index (χ1) is 13.4. The number of anilines is 1. The minimum Gasteiger partial charge on any atom is -0.368 e. The largest absolute Gasteiger partial charge is 0.368 e. The van der Waals surface area contributed by atoms with Crippen molar-refractivity contribution >= 4 is 11.6 Å². The molecular formula is C22H31N3O3. The van der Waals surface area contributed by atoms with Crippen molar-refractivity contribution in [3.8, 4) is 5.69 Å². The number of aromatic nitrogens is 2. The van der Waals surface area contributed by atoms with Gasteiger partial charge in [-0.15, -0.1) is 0 Å². The Kier molecular flexibility index (Phi) is 6.39. The van der Waals surface area contributed by atoms with Crippen LogP contribution >= 0.6 is 0 Å². The summed E-state index contributed by atoms with van der Waals surface area (Å²) in [5.41, 5.74) is 1.68. The highest BCUT2D eigenvalue weighted by atomic mass is 16.5. The average molecular weight is 386 g/mol. The van der Waals surface area contributed by atoms with E-state index in [4.69, 9.17) is 4.74 Å². The van der Waals surface area contributed by atoms with E-state index in [-0.39, 0.29) is 30.1 Å². The fourth-order valence-electron chi connectivity index (χ4n) is 4.15. The van der Waals surface area contributed by atoms with E-state index >= 15 is 0 Å². The quantitative estimate of drug-likeness (QED) is 0.822. The molecule has 0 spiro atoms. The number of benzene rings is 1. The predicted molar refractivity (Wildman–Crippen MR) is 111 cm³/mol. The molecule has 2 atom stereocenters. The van der Waals surface area contributed by atoms with E-state index in [0.717, 1.165) is 30.6 Å². The third-order valence-electron chi connectivity index (χ3n) is 5.58. The maximum absolute atomic E-state index is 13.1. The number of nitrogens with one attached hydrogen (secondary N) is 1. The Labute approximate surface area is 166 Å². The summed E-state index contributed by atoms with van der Waals surface area (Å²) in [6.45, 7) is 6.18. The molecule has 1 aromatic carbocycles. The smallest absolute Gasteiger partial charge is 0.295 e. The summed E-state index contributed by atoms with van der Waals surface area (Å²) in [6.07, 6.45) is 4.64. The highest BCUT2D eigenvalue weighted by molar-refractivity contribution is 5.92. The number of amides is 1. The van der Waals surface area contributed by atoms with Gasteiger partial charge in [-0.05, 0) is 36.8 Å². The van der Waals surface area contributed by atoms with E-state index in [2.05, 4.69) is 12.2 Å². The van der Waals surface area contributed by atoms with Crippen LogP contribution < -0.4 is 10.9 Å². The summed E-state index contributed by atoms with van der Waals surface area (Å²) in [4.78, 5) is 25.6. The topological polar surface area (TPSA) is 65.3 Å². The lowest BCUT2D eigenvalue weighted by Crippen LogP contribution is -2.31. The fraction of sp³-hybridized carbons (Fsp3) is 0.545. The number of rotatable bonds is 6. The molecule has 1 aliphatic carbocycles. The van der Waals surface area contributed by atoms with Gasteiger partial charge in [-0.3, -0.25) is 14.3 Å². The van der Waals surface area contributed by atoms with Gasteiger partial charge in [0.05, 0.1) is 17.5 Å². The van der Waals surface area contributed by atoms with Crippen molar-refractivity contribution in [2.24, 2.45) is 13.0 Å². The molecule has 6 nitrogen and oxygen atoms in total. The van der Waals surface area contributed by atoms with Crippen LogP contribution in [0.4, 0.5) is 5.69 Å². The first-order valence-electron chi connectivity index (χ1n) is 10.2. The highest BCUT2D eigenvalue weighted by Gasteiger charge is 2.25. The van der Waals surface area contributed by atoms with Gasteiger partial charge in [-0.25, -0.2) is 4.68 Å². The van der Waals surface area contributed by atoms with Gasteiger partial charge in [-0.2, -0.15) is 0 Å².